The summed E-state index contributed by atoms with van der Waals surface area (Å²) < 4.78 is 5.71. The predicted molar refractivity (Wildman–Crippen MR) is 92.9 cm³/mol. The minimum absolute atomic E-state index is 0.0977. The molecule has 2 fully saturated rings. The monoisotopic (exact) mass is 332 g/mol. The summed E-state index contributed by atoms with van der Waals surface area (Å²) in [6, 6.07) is 10.2. The van der Waals surface area contributed by atoms with Gasteiger partial charge in [-0.1, -0.05) is 18.2 Å². The number of nitrogens with zero attached hydrogens (tertiary/aromatic N) is 1. The molecule has 2 aliphatic rings. The Balaban J connectivity index is 1.29. The van der Waals surface area contributed by atoms with Crippen LogP contribution >= 0.6 is 0 Å². The summed E-state index contributed by atoms with van der Waals surface area (Å²) in [7, 11) is 0. The zero-order valence-corrected chi connectivity index (χ0v) is 14.2. The molecule has 1 aliphatic carbocycles. The van der Waals surface area contributed by atoms with Crippen LogP contribution in [0.3, 0.4) is 0 Å². The Morgan fingerprint density at radius 1 is 1.21 bits per heavy atom. The molecule has 132 valence electrons. The van der Waals surface area contributed by atoms with Crippen molar-refractivity contribution in [3.63, 3.8) is 0 Å². The minimum atomic E-state index is -0.839. The fourth-order valence-electron chi connectivity index (χ4n) is 3.22. The fraction of sp³-hybridized carbons (Fsp3) is 0.632. The van der Waals surface area contributed by atoms with E-state index in [1.54, 1.807) is 0 Å². The second-order valence-corrected chi connectivity index (χ2v) is 6.92. The van der Waals surface area contributed by atoms with E-state index in [4.69, 9.17) is 4.74 Å². The molecule has 1 atom stereocenters. The smallest absolute Gasteiger partial charge is 0.249 e. The molecule has 3 rings (SSSR count). The van der Waals surface area contributed by atoms with Gasteiger partial charge in [0.25, 0.3) is 0 Å². The van der Waals surface area contributed by atoms with Gasteiger partial charge in [0.15, 0.2) is 0 Å². The number of aliphatic hydroxyl groups is 1. The van der Waals surface area contributed by atoms with E-state index in [9.17, 15) is 9.90 Å². The number of rotatable bonds is 8. The van der Waals surface area contributed by atoms with Gasteiger partial charge in [0.2, 0.25) is 5.91 Å². The van der Waals surface area contributed by atoms with Crippen LogP contribution in [0.1, 0.15) is 32.1 Å². The first-order valence-corrected chi connectivity index (χ1v) is 9.11. The van der Waals surface area contributed by atoms with Crippen LogP contribution < -0.4 is 10.1 Å². The first-order chi connectivity index (χ1) is 11.7. The molecule has 0 spiro atoms. The topological polar surface area (TPSA) is 61.8 Å². The third-order valence-corrected chi connectivity index (χ3v) is 4.90. The van der Waals surface area contributed by atoms with Crippen molar-refractivity contribution in [1.29, 1.82) is 0 Å². The molecule has 0 radical (unpaired) electrons. The molecule has 5 heteroatoms. The summed E-state index contributed by atoms with van der Waals surface area (Å²) in [5, 5.41) is 13.1. The van der Waals surface area contributed by atoms with Gasteiger partial charge < -0.3 is 20.1 Å². The summed E-state index contributed by atoms with van der Waals surface area (Å²) in [6.45, 7) is 3.62. The van der Waals surface area contributed by atoms with E-state index in [1.165, 1.54) is 0 Å². The van der Waals surface area contributed by atoms with Crippen molar-refractivity contribution in [2.24, 2.45) is 5.92 Å². The largest absolute Gasteiger partial charge is 0.494 e. The zero-order valence-electron chi connectivity index (χ0n) is 14.2. The Morgan fingerprint density at radius 3 is 2.58 bits per heavy atom. The SMILES string of the molecule is O=C(NC1CC1)[C@@H](O)C1CCN(CCCOc2ccccc2)CC1. The van der Waals surface area contributed by atoms with Crippen LogP contribution in [0.4, 0.5) is 0 Å². The molecular weight excluding hydrogens is 304 g/mol. The van der Waals surface area contributed by atoms with Crippen LogP contribution in [-0.2, 0) is 4.79 Å². The molecule has 1 amide bonds. The first-order valence-electron chi connectivity index (χ1n) is 9.11. The average Bonchev–Trinajstić information content (AvgIpc) is 3.43. The van der Waals surface area contributed by atoms with Crippen LogP contribution in [-0.4, -0.2) is 54.3 Å². The fourth-order valence-corrected chi connectivity index (χ4v) is 3.22. The van der Waals surface area contributed by atoms with E-state index in [-0.39, 0.29) is 11.8 Å². The number of carbonyl (C=O) groups is 1. The Hall–Kier alpha value is -1.59. The van der Waals surface area contributed by atoms with E-state index in [1.807, 2.05) is 30.3 Å². The number of para-hydroxylation sites is 1. The van der Waals surface area contributed by atoms with Crippen molar-refractivity contribution in [2.45, 2.75) is 44.2 Å². The van der Waals surface area contributed by atoms with Crippen LogP contribution in [0.25, 0.3) is 0 Å². The highest BCUT2D eigenvalue weighted by atomic mass is 16.5. The number of aliphatic hydroxyl groups excluding tert-OH is 1. The van der Waals surface area contributed by atoms with Gasteiger partial charge in [0, 0.05) is 12.6 Å². The molecule has 1 aromatic rings. The van der Waals surface area contributed by atoms with Gasteiger partial charge >= 0.3 is 0 Å². The number of ether oxygens (including phenoxy) is 1. The van der Waals surface area contributed by atoms with Gasteiger partial charge in [-0.2, -0.15) is 0 Å². The van der Waals surface area contributed by atoms with Crippen molar-refractivity contribution in [3.8, 4) is 5.75 Å². The molecule has 1 saturated heterocycles. The molecule has 0 bridgehead atoms. The van der Waals surface area contributed by atoms with Gasteiger partial charge in [-0.25, -0.2) is 0 Å². The lowest BCUT2D eigenvalue weighted by Gasteiger charge is -2.33. The molecule has 1 aliphatic heterocycles. The maximum absolute atomic E-state index is 11.9. The quantitative estimate of drug-likeness (QED) is 0.713. The molecule has 24 heavy (non-hydrogen) atoms. The number of nitrogens with one attached hydrogen (secondary N) is 1. The number of amides is 1. The molecular formula is C19H28N2O3. The summed E-state index contributed by atoms with van der Waals surface area (Å²) >= 11 is 0. The summed E-state index contributed by atoms with van der Waals surface area (Å²) in [5.74, 6) is 0.841. The standard InChI is InChI=1S/C19H28N2O3/c22-18(19(23)20-16-7-8-16)15-9-12-21(13-10-15)11-4-14-24-17-5-2-1-3-6-17/h1-3,5-6,15-16,18,22H,4,7-14H2,(H,20,23)/t18-/m0/s1. The van der Waals surface area contributed by atoms with Crippen molar-refractivity contribution in [2.75, 3.05) is 26.2 Å². The van der Waals surface area contributed by atoms with Crippen LogP contribution in [0, 0.1) is 5.92 Å². The Bertz CT molecular complexity index is 511. The summed E-state index contributed by atoms with van der Waals surface area (Å²) in [4.78, 5) is 14.3. The van der Waals surface area contributed by atoms with E-state index < -0.39 is 6.10 Å². The molecule has 2 N–H and O–H groups in total. The van der Waals surface area contributed by atoms with E-state index in [0.717, 1.165) is 64.1 Å². The van der Waals surface area contributed by atoms with Crippen LogP contribution in [0.15, 0.2) is 30.3 Å². The van der Waals surface area contributed by atoms with Gasteiger partial charge in [-0.05, 0) is 63.2 Å². The molecule has 5 nitrogen and oxygen atoms in total. The van der Waals surface area contributed by atoms with E-state index in [0.29, 0.717) is 6.04 Å². The minimum Gasteiger partial charge on any atom is -0.494 e. The van der Waals surface area contributed by atoms with Gasteiger partial charge in [-0.3, -0.25) is 4.79 Å². The Labute approximate surface area is 144 Å². The maximum Gasteiger partial charge on any atom is 0.249 e. The lowest BCUT2D eigenvalue weighted by molar-refractivity contribution is -0.133. The number of hydrogen-bond acceptors (Lipinski definition) is 4. The molecule has 0 unspecified atom stereocenters. The average molecular weight is 332 g/mol. The molecule has 0 aromatic heterocycles. The van der Waals surface area contributed by atoms with E-state index in [2.05, 4.69) is 10.2 Å². The lowest BCUT2D eigenvalue weighted by Crippen LogP contribution is -2.45. The third kappa shape index (κ3) is 5.21. The van der Waals surface area contributed by atoms with Crippen LogP contribution in [0.5, 0.6) is 5.75 Å². The van der Waals surface area contributed by atoms with E-state index >= 15 is 0 Å². The van der Waals surface area contributed by atoms with Gasteiger partial charge in [0.1, 0.15) is 11.9 Å². The highest BCUT2D eigenvalue weighted by molar-refractivity contribution is 5.81. The number of benzene rings is 1. The van der Waals surface area contributed by atoms with Crippen molar-refractivity contribution < 1.29 is 14.6 Å². The molecule has 1 saturated carbocycles. The highest BCUT2D eigenvalue weighted by Crippen LogP contribution is 2.23. The normalized spacial score (nSPS) is 20.5. The highest BCUT2D eigenvalue weighted by Gasteiger charge is 2.32. The first kappa shape index (κ1) is 17.2. The van der Waals surface area contributed by atoms with Crippen LogP contribution in [0.2, 0.25) is 0 Å². The molecule has 1 heterocycles. The predicted octanol–water partition coefficient (Wildman–Crippen LogP) is 1.81. The summed E-state index contributed by atoms with van der Waals surface area (Å²) in [6.07, 6.45) is 4.04. The number of likely N-dealkylation sites (tertiary alicyclic amines) is 1. The van der Waals surface area contributed by atoms with Crippen molar-refractivity contribution in [3.05, 3.63) is 30.3 Å². The third-order valence-electron chi connectivity index (χ3n) is 4.90. The van der Waals surface area contributed by atoms with Gasteiger partial charge in [0.05, 0.1) is 6.61 Å². The number of carbonyl (C=O) groups excluding carboxylic acids is 1. The Morgan fingerprint density at radius 2 is 1.92 bits per heavy atom. The molecule has 1 aromatic carbocycles. The zero-order chi connectivity index (χ0) is 16.8. The Kier molecular flexibility index (Phi) is 6.10. The van der Waals surface area contributed by atoms with Crippen molar-refractivity contribution >= 4 is 5.91 Å². The lowest BCUT2D eigenvalue weighted by atomic mass is 9.90. The maximum atomic E-state index is 11.9. The second-order valence-electron chi connectivity index (χ2n) is 6.92. The van der Waals surface area contributed by atoms with Crippen molar-refractivity contribution in [1.82, 2.24) is 10.2 Å². The van der Waals surface area contributed by atoms with Gasteiger partial charge in [-0.15, -0.1) is 0 Å². The second kappa shape index (κ2) is 8.49. The number of hydrogen-bond donors (Lipinski definition) is 2. The summed E-state index contributed by atoms with van der Waals surface area (Å²) in [5.41, 5.74) is 0. The number of piperidine rings is 1.